The van der Waals surface area contributed by atoms with Gasteiger partial charge in [-0.2, -0.15) is 0 Å². The van der Waals surface area contributed by atoms with Crippen LogP contribution in [0.2, 0.25) is 0 Å². The zero-order valence-electron chi connectivity index (χ0n) is 14.3. The third kappa shape index (κ3) is 9.61. The molecule has 0 atom stereocenters. The van der Waals surface area contributed by atoms with Crippen LogP contribution in [0.3, 0.4) is 0 Å². The summed E-state index contributed by atoms with van der Waals surface area (Å²) < 4.78 is 0. The van der Waals surface area contributed by atoms with E-state index in [-0.39, 0.29) is 0 Å². The Labute approximate surface area is 128 Å². The average Bonchev–Trinajstić information content (AvgIpc) is 2.45. The molecule has 20 heavy (non-hydrogen) atoms. The van der Waals surface area contributed by atoms with Crippen molar-refractivity contribution >= 4 is 0 Å². The lowest BCUT2D eigenvalue weighted by Crippen LogP contribution is -1.89. The minimum atomic E-state index is 1.35. The monoisotopic (exact) mass is 278 g/mol. The van der Waals surface area contributed by atoms with Crippen molar-refractivity contribution in [2.45, 2.75) is 117 Å². The van der Waals surface area contributed by atoms with Crippen molar-refractivity contribution in [1.82, 2.24) is 0 Å². The van der Waals surface area contributed by atoms with E-state index in [0.29, 0.717) is 0 Å². The van der Waals surface area contributed by atoms with Crippen LogP contribution >= 0.6 is 0 Å². The molecule has 1 aliphatic rings. The fraction of sp³-hybridized carbons (Fsp3) is 0.900. The lowest BCUT2D eigenvalue weighted by atomic mass is 9.97. The smallest absolute Gasteiger partial charge is 0.0320 e. The summed E-state index contributed by atoms with van der Waals surface area (Å²) in [7, 11) is 0. The molecule has 0 saturated heterocycles. The maximum Gasteiger partial charge on any atom is -0.0320 e. The topological polar surface area (TPSA) is 0 Å². The van der Waals surface area contributed by atoms with Gasteiger partial charge in [-0.05, 0) is 39.5 Å². The van der Waals surface area contributed by atoms with Crippen LogP contribution in [-0.4, -0.2) is 0 Å². The van der Waals surface area contributed by atoms with Crippen LogP contribution in [0.5, 0.6) is 0 Å². The molecule has 0 heteroatoms. The van der Waals surface area contributed by atoms with Crippen molar-refractivity contribution in [2.75, 3.05) is 0 Å². The van der Waals surface area contributed by atoms with Gasteiger partial charge in [0.1, 0.15) is 0 Å². The quantitative estimate of drug-likeness (QED) is 0.401. The molecule has 0 radical (unpaired) electrons. The zero-order chi connectivity index (χ0) is 14.5. The third-order valence-electron chi connectivity index (χ3n) is 5.08. The summed E-state index contributed by atoms with van der Waals surface area (Å²) in [6.45, 7) is 4.74. The molecule has 0 heterocycles. The second kappa shape index (κ2) is 12.5. The van der Waals surface area contributed by atoms with Crippen molar-refractivity contribution in [3.63, 3.8) is 0 Å². The Morgan fingerprint density at radius 1 is 0.350 bits per heavy atom. The van der Waals surface area contributed by atoms with E-state index in [0.717, 1.165) is 0 Å². The Bertz CT molecular complexity index is 223. The number of allylic oxidation sites excluding steroid dienone is 2. The Morgan fingerprint density at radius 2 is 0.550 bits per heavy atom. The first-order chi connectivity index (χ1) is 9.80. The molecule has 0 amide bonds. The number of hydrogen-bond donors (Lipinski definition) is 0. The van der Waals surface area contributed by atoms with Gasteiger partial charge in [-0.3, -0.25) is 0 Å². The molecular weight excluding hydrogens is 240 g/mol. The molecule has 118 valence electrons. The lowest BCUT2D eigenvalue weighted by Gasteiger charge is -2.09. The van der Waals surface area contributed by atoms with Gasteiger partial charge in [0.15, 0.2) is 0 Å². The fourth-order valence-corrected chi connectivity index (χ4v) is 3.33. The van der Waals surface area contributed by atoms with Crippen molar-refractivity contribution in [3.05, 3.63) is 11.1 Å². The van der Waals surface area contributed by atoms with Gasteiger partial charge in [-0.15, -0.1) is 0 Å². The van der Waals surface area contributed by atoms with Gasteiger partial charge in [0, 0.05) is 0 Å². The molecule has 0 aromatic rings. The summed E-state index contributed by atoms with van der Waals surface area (Å²) in [5.41, 5.74) is 3.37. The molecule has 0 nitrogen and oxygen atoms in total. The highest BCUT2D eigenvalue weighted by atomic mass is 14.1. The fourth-order valence-electron chi connectivity index (χ4n) is 3.33. The standard InChI is InChI=1S/C20H38/c1-19-17-15-13-11-9-7-5-3-4-6-8-10-12-14-16-18-20(19)2/h3-18H2,1-2H3. The van der Waals surface area contributed by atoms with E-state index in [1.54, 1.807) is 11.1 Å². The second-order valence-corrected chi connectivity index (χ2v) is 7.01. The molecule has 0 spiro atoms. The molecular formula is C20H38. The van der Waals surface area contributed by atoms with Crippen LogP contribution < -0.4 is 0 Å². The largest absolute Gasteiger partial charge is 0.0744 e. The van der Waals surface area contributed by atoms with E-state index < -0.39 is 0 Å². The maximum atomic E-state index is 2.37. The second-order valence-electron chi connectivity index (χ2n) is 7.01. The molecule has 0 unspecified atom stereocenters. The first-order valence-corrected chi connectivity index (χ1v) is 9.46. The van der Waals surface area contributed by atoms with E-state index in [1.165, 1.54) is 103 Å². The normalized spacial score (nSPS) is 23.1. The van der Waals surface area contributed by atoms with Crippen LogP contribution in [0.15, 0.2) is 11.1 Å². The van der Waals surface area contributed by atoms with Crippen LogP contribution in [0.4, 0.5) is 0 Å². The average molecular weight is 279 g/mol. The zero-order valence-corrected chi connectivity index (χ0v) is 14.3. The molecule has 0 aromatic carbocycles. The van der Waals surface area contributed by atoms with Crippen molar-refractivity contribution in [2.24, 2.45) is 0 Å². The molecule has 0 fully saturated rings. The molecule has 1 aliphatic carbocycles. The highest BCUT2D eigenvalue weighted by molar-refractivity contribution is 5.09. The Hall–Kier alpha value is -0.260. The van der Waals surface area contributed by atoms with E-state index in [9.17, 15) is 0 Å². The van der Waals surface area contributed by atoms with E-state index in [1.807, 2.05) is 0 Å². The SMILES string of the molecule is CC1=C(C)CCCCCCCCCCCCCCCC1. The van der Waals surface area contributed by atoms with E-state index >= 15 is 0 Å². The van der Waals surface area contributed by atoms with Crippen LogP contribution in [0.1, 0.15) is 117 Å². The highest BCUT2D eigenvalue weighted by Crippen LogP contribution is 2.20. The summed E-state index contributed by atoms with van der Waals surface area (Å²) in [5, 5.41) is 0. The first-order valence-electron chi connectivity index (χ1n) is 9.46. The van der Waals surface area contributed by atoms with Crippen LogP contribution in [0.25, 0.3) is 0 Å². The maximum absolute atomic E-state index is 2.37. The third-order valence-corrected chi connectivity index (χ3v) is 5.08. The summed E-state index contributed by atoms with van der Waals surface area (Å²) in [5.74, 6) is 0. The van der Waals surface area contributed by atoms with Crippen LogP contribution in [-0.2, 0) is 0 Å². The van der Waals surface area contributed by atoms with Gasteiger partial charge in [-0.25, -0.2) is 0 Å². The number of rotatable bonds is 0. The summed E-state index contributed by atoms with van der Waals surface area (Å²) in [4.78, 5) is 0. The molecule has 0 bridgehead atoms. The van der Waals surface area contributed by atoms with Gasteiger partial charge in [-0.1, -0.05) is 88.2 Å². The van der Waals surface area contributed by atoms with Crippen molar-refractivity contribution in [1.29, 1.82) is 0 Å². The van der Waals surface area contributed by atoms with Gasteiger partial charge in [0.25, 0.3) is 0 Å². The Morgan fingerprint density at radius 3 is 0.800 bits per heavy atom. The van der Waals surface area contributed by atoms with Crippen molar-refractivity contribution in [3.8, 4) is 0 Å². The predicted molar refractivity (Wildman–Crippen MR) is 92.2 cm³/mol. The predicted octanol–water partition coefficient (Wildman–Crippen LogP) is 7.58. The van der Waals surface area contributed by atoms with Crippen LogP contribution in [0, 0.1) is 0 Å². The number of hydrogen-bond acceptors (Lipinski definition) is 0. The molecule has 0 saturated carbocycles. The van der Waals surface area contributed by atoms with E-state index in [4.69, 9.17) is 0 Å². The first kappa shape index (κ1) is 17.8. The summed E-state index contributed by atoms with van der Waals surface area (Å²) in [6.07, 6.45) is 23.2. The minimum Gasteiger partial charge on any atom is -0.0744 e. The Balaban J connectivity index is 2.26. The molecule has 0 N–H and O–H groups in total. The molecule has 0 aromatic heterocycles. The lowest BCUT2D eigenvalue weighted by molar-refractivity contribution is 0.530. The van der Waals surface area contributed by atoms with Gasteiger partial charge < -0.3 is 0 Å². The summed E-state index contributed by atoms with van der Waals surface area (Å²) in [6, 6.07) is 0. The highest BCUT2D eigenvalue weighted by Gasteiger charge is 2.00. The van der Waals surface area contributed by atoms with E-state index in [2.05, 4.69) is 13.8 Å². The minimum absolute atomic E-state index is 1.35. The van der Waals surface area contributed by atoms with Gasteiger partial charge in [0.2, 0.25) is 0 Å². The molecule has 0 aliphatic heterocycles. The molecule has 1 rings (SSSR count). The van der Waals surface area contributed by atoms with Crippen molar-refractivity contribution < 1.29 is 0 Å². The Kier molecular flexibility index (Phi) is 11.1. The van der Waals surface area contributed by atoms with Gasteiger partial charge >= 0.3 is 0 Å². The van der Waals surface area contributed by atoms with Gasteiger partial charge in [0.05, 0.1) is 0 Å². The summed E-state index contributed by atoms with van der Waals surface area (Å²) >= 11 is 0.